The van der Waals surface area contributed by atoms with Crippen LogP contribution in [0.3, 0.4) is 0 Å². The van der Waals surface area contributed by atoms with Crippen molar-refractivity contribution < 1.29 is 4.74 Å². The Labute approximate surface area is 116 Å². The van der Waals surface area contributed by atoms with Gasteiger partial charge in [0.1, 0.15) is 5.75 Å². The molecule has 0 aromatic heterocycles. The summed E-state index contributed by atoms with van der Waals surface area (Å²) < 4.78 is 5.50. The third kappa shape index (κ3) is 3.41. The molecule has 1 aliphatic heterocycles. The zero-order chi connectivity index (χ0) is 13.9. The SMILES string of the molecule is COc1ccccc1N1CCCNC(C(C)(C)C)C1. The highest BCUT2D eigenvalue weighted by molar-refractivity contribution is 5.58. The van der Waals surface area contributed by atoms with E-state index in [-0.39, 0.29) is 5.41 Å². The molecule has 0 bridgehead atoms. The van der Waals surface area contributed by atoms with Crippen LogP contribution in [-0.4, -0.2) is 32.8 Å². The van der Waals surface area contributed by atoms with E-state index < -0.39 is 0 Å². The lowest BCUT2D eigenvalue weighted by Gasteiger charge is -2.35. The predicted octanol–water partition coefficient (Wildman–Crippen LogP) is 2.91. The molecule has 1 aromatic carbocycles. The molecule has 1 unspecified atom stereocenters. The van der Waals surface area contributed by atoms with Gasteiger partial charge >= 0.3 is 0 Å². The van der Waals surface area contributed by atoms with Gasteiger partial charge in [0.25, 0.3) is 0 Å². The van der Waals surface area contributed by atoms with E-state index in [9.17, 15) is 0 Å². The van der Waals surface area contributed by atoms with Crippen LogP contribution in [0.5, 0.6) is 5.75 Å². The van der Waals surface area contributed by atoms with Gasteiger partial charge in [0.15, 0.2) is 0 Å². The molecule has 1 N–H and O–H groups in total. The summed E-state index contributed by atoms with van der Waals surface area (Å²) in [6.07, 6.45) is 1.17. The summed E-state index contributed by atoms with van der Waals surface area (Å²) in [6.45, 7) is 10.1. The summed E-state index contributed by atoms with van der Waals surface area (Å²) in [5, 5.41) is 3.68. The van der Waals surface area contributed by atoms with Crippen molar-refractivity contribution in [2.24, 2.45) is 5.41 Å². The van der Waals surface area contributed by atoms with E-state index in [1.165, 1.54) is 12.1 Å². The Balaban J connectivity index is 2.23. The van der Waals surface area contributed by atoms with Crippen LogP contribution in [0.25, 0.3) is 0 Å². The highest BCUT2D eigenvalue weighted by atomic mass is 16.5. The lowest BCUT2D eigenvalue weighted by molar-refractivity contribution is 0.280. The molecule has 106 valence electrons. The molecule has 2 rings (SSSR count). The fraction of sp³-hybridized carbons (Fsp3) is 0.625. The molecule has 0 aliphatic carbocycles. The Bertz CT molecular complexity index is 411. The third-order valence-corrected chi connectivity index (χ3v) is 3.87. The van der Waals surface area contributed by atoms with E-state index in [0.29, 0.717) is 6.04 Å². The zero-order valence-electron chi connectivity index (χ0n) is 12.6. The van der Waals surface area contributed by atoms with Crippen molar-refractivity contribution in [2.45, 2.75) is 33.2 Å². The number of hydrogen-bond acceptors (Lipinski definition) is 3. The number of methoxy groups -OCH3 is 1. The van der Waals surface area contributed by atoms with Gasteiger partial charge in [-0.3, -0.25) is 0 Å². The van der Waals surface area contributed by atoms with E-state index in [0.717, 1.165) is 25.4 Å². The van der Waals surface area contributed by atoms with Gasteiger partial charge in [0.2, 0.25) is 0 Å². The van der Waals surface area contributed by atoms with Gasteiger partial charge in [-0.1, -0.05) is 32.9 Å². The second kappa shape index (κ2) is 5.83. The average Bonchev–Trinajstić information content (AvgIpc) is 2.64. The number of nitrogens with zero attached hydrogens (tertiary/aromatic N) is 1. The topological polar surface area (TPSA) is 24.5 Å². The summed E-state index contributed by atoms with van der Waals surface area (Å²) in [5.41, 5.74) is 1.48. The molecule has 0 saturated carbocycles. The third-order valence-electron chi connectivity index (χ3n) is 3.87. The number of para-hydroxylation sites is 2. The number of nitrogens with one attached hydrogen (secondary N) is 1. The highest BCUT2D eigenvalue weighted by Gasteiger charge is 2.28. The van der Waals surface area contributed by atoms with E-state index in [4.69, 9.17) is 4.74 Å². The zero-order valence-corrected chi connectivity index (χ0v) is 12.6. The molecule has 0 radical (unpaired) electrons. The van der Waals surface area contributed by atoms with Crippen molar-refractivity contribution in [3.05, 3.63) is 24.3 Å². The Hall–Kier alpha value is -1.22. The van der Waals surface area contributed by atoms with Gasteiger partial charge in [-0.05, 0) is 30.5 Å². The van der Waals surface area contributed by atoms with Crippen LogP contribution < -0.4 is 15.0 Å². The van der Waals surface area contributed by atoms with Crippen LogP contribution in [0.4, 0.5) is 5.69 Å². The van der Waals surface area contributed by atoms with Crippen LogP contribution in [0.2, 0.25) is 0 Å². The maximum absolute atomic E-state index is 5.50. The number of hydrogen-bond donors (Lipinski definition) is 1. The molecule has 3 heteroatoms. The van der Waals surface area contributed by atoms with E-state index in [1.807, 2.05) is 12.1 Å². The molecule has 0 spiro atoms. The van der Waals surface area contributed by atoms with Crippen molar-refractivity contribution in [2.75, 3.05) is 31.6 Å². The van der Waals surface area contributed by atoms with E-state index in [2.05, 4.69) is 43.1 Å². The largest absolute Gasteiger partial charge is 0.495 e. The quantitative estimate of drug-likeness (QED) is 0.887. The molecular weight excluding hydrogens is 236 g/mol. The van der Waals surface area contributed by atoms with Crippen molar-refractivity contribution >= 4 is 5.69 Å². The fourth-order valence-electron chi connectivity index (χ4n) is 2.61. The molecule has 1 aromatic rings. The molecule has 19 heavy (non-hydrogen) atoms. The molecule has 1 saturated heterocycles. The molecule has 1 aliphatic rings. The summed E-state index contributed by atoms with van der Waals surface area (Å²) in [6, 6.07) is 8.81. The van der Waals surface area contributed by atoms with Gasteiger partial charge in [-0.25, -0.2) is 0 Å². The van der Waals surface area contributed by atoms with Gasteiger partial charge in [-0.15, -0.1) is 0 Å². The number of ether oxygens (including phenoxy) is 1. The maximum atomic E-state index is 5.50. The summed E-state index contributed by atoms with van der Waals surface area (Å²) in [5.74, 6) is 0.969. The van der Waals surface area contributed by atoms with E-state index >= 15 is 0 Å². The average molecular weight is 262 g/mol. The first-order valence-electron chi connectivity index (χ1n) is 7.13. The molecule has 1 heterocycles. The summed E-state index contributed by atoms with van der Waals surface area (Å²) in [7, 11) is 1.75. The van der Waals surface area contributed by atoms with Crippen molar-refractivity contribution in [1.29, 1.82) is 0 Å². The maximum Gasteiger partial charge on any atom is 0.142 e. The monoisotopic (exact) mass is 262 g/mol. The van der Waals surface area contributed by atoms with Crippen molar-refractivity contribution in [3.8, 4) is 5.75 Å². The van der Waals surface area contributed by atoms with Crippen LogP contribution in [-0.2, 0) is 0 Å². The highest BCUT2D eigenvalue weighted by Crippen LogP contribution is 2.30. The van der Waals surface area contributed by atoms with Gasteiger partial charge < -0.3 is 15.0 Å². The minimum atomic E-state index is 0.268. The first-order chi connectivity index (χ1) is 9.02. The smallest absolute Gasteiger partial charge is 0.142 e. The molecule has 3 nitrogen and oxygen atoms in total. The van der Waals surface area contributed by atoms with Crippen molar-refractivity contribution in [1.82, 2.24) is 5.32 Å². The second-order valence-electron chi connectivity index (χ2n) is 6.34. The first kappa shape index (κ1) is 14.2. The summed E-state index contributed by atoms with van der Waals surface area (Å²) in [4.78, 5) is 2.45. The van der Waals surface area contributed by atoms with Crippen LogP contribution in [0, 0.1) is 5.41 Å². The molecule has 1 atom stereocenters. The van der Waals surface area contributed by atoms with Crippen LogP contribution in [0.1, 0.15) is 27.2 Å². The minimum absolute atomic E-state index is 0.268. The Morgan fingerprint density at radius 1 is 1.26 bits per heavy atom. The minimum Gasteiger partial charge on any atom is -0.495 e. The lowest BCUT2D eigenvalue weighted by Crippen LogP contribution is -2.46. The molecule has 1 fully saturated rings. The lowest BCUT2D eigenvalue weighted by atomic mass is 9.86. The number of anilines is 1. The van der Waals surface area contributed by atoms with Gasteiger partial charge in [0.05, 0.1) is 12.8 Å². The van der Waals surface area contributed by atoms with Crippen LogP contribution >= 0.6 is 0 Å². The molecular formula is C16H26N2O. The normalized spacial score (nSPS) is 21.1. The second-order valence-corrected chi connectivity index (χ2v) is 6.34. The number of rotatable bonds is 2. The van der Waals surface area contributed by atoms with E-state index in [1.54, 1.807) is 7.11 Å². The fourth-order valence-corrected chi connectivity index (χ4v) is 2.61. The molecule has 0 amide bonds. The Morgan fingerprint density at radius 3 is 2.68 bits per heavy atom. The number of benzene rings is 1. The van der Waals surface area contributed by atoms with Gasteiger partial charge in [-0.2, -0.15) is 0 Å². The van der Waals surface area contributed by atoms with Gasteiger partial charge in [0, 0.05) is 19.1 Å². The standard InChI is InChI=1S/C16H26N2O/c1-16(2,3)15-12-18(11-7-10-17-15)13-8-5-6-9-14(13)19-4/h5-6,8-9,15,17H,7,10-12H2,1-4H3. The first-order valence-corrected chi connectivity index (χ1v) is 7.13. The summed E-state index contributed by atoms with van der Waals surface area (Å²) >= 11 is 0. The Kier molecular flexibility index (Phi) is 4.35. The predicted molar refractivity (Wildman–Crippen MR) is 81.1 cm³/mol. The Morgan fingerprint density at radius 2 is 2.00 bits per heavy atom. The van der Waals surface area contributed by atoms with Crippen molar-refractivity contribution in [3.63, 3.8) is 0 Å². The van der Waals surface area contributed by atoms with Crippen LogP contribution in [0.15, 0.2) is 24.3 Å².